The van der Waals surface area contributed by atoms with Gasteiger partial charge in [-0.1, -0.05) is 39.1 Å². The Labute approximate surface area is 128 Å². The second kappa shape index (κ2) is 8.05. The summed E-state index contributed by atoms with van der Waals surface area (Å²) in [5, 5.41) is 0. The lowest BCUT2D eigenvalue weighted by Crippen LogP contribution is -1.92. The second-order valence-corrected chi connectivity index (χ2v) is 7.61. The van der Waals surface area contributed by atoms with Crippen LogP contribution in [0.15, 0.2) is 48.5 Å². The van der Waals surface area contributed by atoms with Gasteiger partial charge in [0.05, 0.1) is 14.2 Å². The predicted octanol–water partition coefficient (Wildman–Crippen LogP) is 4.91. The van der Waals surface area contributed by atoms with Crippen molar-refractivity contribution in [3.63, 3.8) is 0 Å². The number of benzene rings is 2. The fraction of sp³-hybridized carbons (Fsp3) is 0.333. The Hall–Kier alpha value is -1.53. The standard InChI is InChI=1S/C18H23O2P/c1-4-21(13-15-5-9-17(19-2)10-6-15)14-16-7-11-18(20-3)12-8-16/h5-12H,4,13-14H2,1-3H3. The highest BCUT2D eigenvalue weighted by Gasteiger charge is 2.08. The quantitative estimate of drug-likeness (QED) is 0.677. The van der Waals surface area contributed by atoms with E-state index in [1.807, 2.05) is 24.3 Å². The van der Waals surface area contributed by atoms with Crippen molar-refractivity contribution in [3.05, 3.63) is 59.7 Å². The summed E-state index contributed by atoms with van der Waals surface area (Å²) >= 11 is 0. The van der Waals surface area contributed by atoms with Crippen molar-refractivity contribution in [1.29, 1.82) is 0 Å². The Morgan fingerprint density at radius 3 is 1.38 bits per heavy atom. The average Bonchev–Trinajstić information content (AvgIpc) is 2.55. The lowest BCUT2D eigenvalue weighted by molar-refractivity contribution is 0.414. The number of hydrogen-bond acceptors (Lipinski definition) is 2. The average molecular weight is 302 g/mol. The van der Waals surface area contributed by atoms with Gasteiger partial charge >= 0.3 is 0 Å². The molecule has 0 unspecified atom stereocenters. The molecule has 2 aromatic rings. The van der Waals surface area contributed by atoms with Gasteiger partial charge in [0.15, 0.2) is 0 Å². The molecule has 0 N–H and O–H groups in total. The zero-order valence-corrected chi connectivity index (χ0v) is 13.9. The third-order valence-electron chi connectivity index (χ3n) is 3.58. The smallest absolute Gasteiger partial charge is 0.118 e. The van der Waals surface area contributed by atoms with Crippen molar-refractivity contribution in [2.24, 2.45) is 0 Å². The van der Waals surface area contributed by atoms with Crippen LogP contribution in [0.2, 0.25) is 0 Å². The molecule has 0 aliphatic rings. The number of rotatable bonds is 7. The van der Waals surface area contributed by atoms with Crippen molar-refractivity contribution in [2.45, 2.75) is 19.2 Å². The van der Waals surface area contributed by atoms with Gasteiger partial charge in [-0.2, -0.15) is 0 Å². The topological polar surface area (TPSA) is 18.5 Å². The summed E-state index contributed by atoms with van der Waals surface area (Å²) in [4.78, 5) is 0. The van der Waals surface area contributed by atoms with E-state index in [0.717, 1.165) is 11.5 Å². The molecule has 0 saturated heterocycles. The fourth-order valence-corrected chi connectivity index (χ4v) is 4.27. The van der Waals surface area contributed by atoms with E-state index >= 15 is 0 Å². The molecule has 112 valence electrons. The summed E-state index contributed by atoms with van der Waals surface area (Å²) in [6.07, 6.45) is 3.58. The monoisotopic (exact) mass is 302 g/mol. The molecule has 0 aromatic heterocycles. The van der Waals surface area contributed by atoms with E-state index in [4.69, 9.17) is 9.47 Å². The van der Waals surface area contributed by atoms with E-state index in [2.05, 4.69) is 31.2 Å². The summed E-state index contributed by atoms with van der Waals surface area (Å²) in [6.45, 7) is 2.29. The SMILES string of the molecule is CCP(Cc1ccc(OC)cc1)Cc1ccc(OC)cc1. The maximum Gasteiger partial charge on any atom is 0.118 e. The Balaban J connectivity index is 1.98. The zero-order chi connectivity index (χ0) is 15.1. The first-order valence-corrected chi connectivity index (χ1v) is 9.13. The van der Waals surface area contributed by atoms with E-state index < -0.39 is 0 Å². The Bertz CT molecular complexity index is 485. The van der Waals surface area contributed by atoms with Crippen LogP contribution >= 0.6 is 7.92 Å². The van der Waals surface area contributed by atoms with Crippen molar-refractivity contribution < 1.29 is 9.47 Å². The largest absolute Gasteiger partial charge is 0.497 e. The molecule has 21 heavy (non-hydrogen) atoms. The molecule has 0 atom stereocenters. The third-order valence-corrected chi connectivity index (χ3v) is 6.10. The van der Waals surface area contributed by atoms with Gasteiger partial charge < -0.3 is 9.47 Å². The van der Waals surface area contributed by atoms with Crippen LogP contribution < -0.4 is 9.47 Å². The molecule has 0 aliphatic heterocycles. The first kappa shape index (κ1) is 15.9. The first-order chi connectivity index (χ1) is 10.2. The molecule has 2 rings (SSSR count). The lowest BCUT2D eigenvalue weighted by atomic mass is 10.2. The van der Waals surface area contributed by atoms with Gasteiger partial charge in [0, 0.05) is 0 Å². The summed E-state index contributed by atoms with van der Waals surface area (Å²) in [6, 6.07) is 16.9. The molecule has 2 nitrogen and oxygen atoms in total. The minimum absolute atomic E-state index is 0.0204. The van der Waals surface area contributed by atoms with E-state index in [9.17, 15) is 0 Å². The molecular formula is C18H23O2P. The number of ether oxygens (including phenoxy) is 2. The highest BCUT2D eigenvalue weighted by Crippen LogP contribution is 2.43. The van der Waals surface area contributed by atoms with Gasteiger partial charge in [-0.15, -0.1) is 0 Å². The van der Waals surface area contributed by atoms with E-state index in [1.165, 1.54) is 29.6 Å². The third kappa shape index (κ3) is 4.75. The van der Waals surface area contributed by atoms with Gasteiger partial charge in [0.25, 0.3) is 0 Å². The molecule has 0 spiro atoms. The maximum atomic E-state index is 5.21. The highest BCUT2D eigenvalue weighted by molar-refractivity contribution is 7.56. The molecule has 0 radical (unpaired) electrons. The zero-order valence-electron chi connectivity index (χ0n) is 13.0. The van der Waals surface area contributed by atoms with Crippen LogP contribution in [0.25, 0.3) is 0 Å². The molecule has 0 aliphatic carbocycles. The number of hydrogen-bond donors (Lipinski definition) is 0. The normalized spacial score (nSPS) is 10.7. The predicted molar refractivity (Wildman–Crippen MR) is 90.9 cm³/mol. The summed E-state index contributed by atoms with van der Waals surface area (Å²) in [5.74, 6) is 1.85. The van der Waals surface area contributed by atoms with E-state index in [1.54, 1.807) is 14.2 Å². The van der Waals surface area contributed by atoms with Crippen LogP contribution in [0.4, 0.5) is 0 Å². The van der Waals surface area contributed by atoms with Gasteiger partial charge in [0.1, 0.15) is 11.5 Å². The Morgan fingerprint density at radius 1 is 0.714 bits per heavy atom. The lowest BCUT2D eigenvalue weighted by Gasteiger charge is -2.16. The molecular weight excluding hydrogens is 279 g/mol. The van der Waals surface area contributed by atoms with Crippen molar-refractivity contribution in [1.82, 2.24) is 0 Å². The maximum absolute atomic E-state index is 5.21. The Kier molecular flexibility index (Phi) is 6.07. The molecule has 0 saturated carbocycles. The first-order valence-electron chi connectivity index (χ1n) is 7.23. The van der Waals surface area contributed by atoms with Crippen LogP contribution in [0.1, 0.15) is 18.1 Å². The van der Waals surface area contributed by atoms with Crippen LogP contribution in [-0.4, -0.2) is 20.4 Å². The van der Waals surface area contributed by atoms with Crippen LogP contribution in [-0.2, 0) is 12.3 Å². The minimum atomic E-state index is -0.0204. The van der Waals surface area contributed by atoms with Crippen molar-refractivity contribution >= 4 is 7.92 Å². The van der Waals surface area contributed by atoms with Crippen molar-refractivity contribution in [2.75, 3.05) is 20.4 Å². The van der Waals surface area contributed by atoms with Crippen LogP contribution in [0.5, 0.6) is 11.5 Å². The van der Waals surface area contributed by atoms with Gasteiger partial charge in [-0.05, 0) is 53.9 Å². The molecule has 0 fully saturated rings. The van der Waals surface area contributed by atoms with E-state index in [-0.39, 0.29) is 7.92 Å². The fourth-order valence-electron chi connectivity index (χ4n) is 2.26. The van der Waals surface area contributed by atoms with E-state index in [0.29, 0.717) is 0 Å². The molecule has 0 heterocycles. The van der Waals surface area contributed by atoms with Crippen LogP contribution in [0.3, 0.4) is 0 Å². The van der Waals surface area contributed by atoms with Crippen LogP contribution in [0, 0.1) is 0 Å². The van der Waals surface area contributed by atoms with Gasteiger partial charge in [-0.3, -0.25) is 0 Å². The molecule has 2 aromatic carbocycles. The Morgan fingerprint density at radius 2 is 1.10 bits per heavy atom. The molecule has 0 bridgehead atoms. The summed E-state index contributed by atoms with van der Waals surface area (Å²) < 4.78 is 10.4. The minimum Gasteiger partial charge on any atom is -0.497 e. The number of methoxy groups -OCH3 is 2. The highest BCUT2D eigenvalue weighted by atomic mass is 31.1. The van der Waals surface area contributed by atoms with Crippen molar-refractivity contribution in [3.8, 4) is 11.5 Å². The summed E-state index contributed by atoms with van der Waals surface area (Å²) in [5.41, 5.74) is 2.80. The van der Waals surface area contributed by atoms with Gasteiger partial charge in [0.2, 0.25) is 0 Å². The van der Waals surface area contributed by atoms with Gasteiger partial charge in [-0.25, -0.2) is 0 Å². The summed E-state index contributed by atoms with van der Waals surface area (Å²) in [7, 11) is 3.39. The molecule has 0 amide bonds. The second-order valence-electron chi connectivity index (χ2n) is 5.00. The molecule has 3 heteroatoms.